The minimum absolute atomic E-state index is 0.0768. The Morgan fingerprint density at radius 2 is 1.85 bits per heavy atom. The molecule has 0 N–H and O–H groups in total. The standard InChI is InChI=1S/C22H17N3O/c1-16-6-4-8-18(14-16)25-21(12-11-17-7-5-13-23-15-17)24-20-10-3-2-9-19(20)22(25)26/h2-15H,1H3/b12-11-. The second kappa shape index (κ2) is 6.76. The number of pyridine rings is 1. The van der Waals surface area contributed by atoms with Crippen molar-refractivity contribution in [2.75, 3.05) is 0 Å². The van der Waals surface area contributed by atoms with Gasteiger partial charge in [-0.05, 0) is 60.5 Å². The third kappa shape index (κ3) is 3.05. The van der Waals surface area contributed by atoms with Crippen LogP contribution in [0.4, 0.5) is 0 Å². The van der Waals surface area contributed by atoms with Crippen LogP contribution in [-0.4, -0.2) is 14.5 Å². The van der Waals surface area contributed by atoms with E-state index in [-0.39, 0.29) is 5.56 Å². The van der Waals surface area contributed by atoms with Crippen LogP contribution in [0.1, 0.15) is 17.0 Å². The minimum Gasteiger partial charge on any atom is -0.268 e. The van der Waals surface area contributed by atoms with Crippen molar-refractivity contribution in [1.29, 1.82) is 0 Å². The molecule has 2 heterocycles. The zero-order chi connectivity index (χ0) is 17.9. The van der Waals surface area contributed by atoms with E-state index in [0.717, 1.165) is 16.8 Å². The number of fused-ring (bicyclic) bond motifs is 1. The van der Waals surface area contributed by atoms with Crippen LogP contribution in [0.25, 0.3) is 28.7 Å². The van der Waals surface area contributed by atoms with Crippen LogP contribution in [-0.2, 0) is 0 Å². The Bertz CT molecular complexity index is 1160. The molecule has 4 aromatic rings. The maximum absolute atomic E-state index is 13.1. The number of aryl methyl sites for hydroxylation is 1. The lowest BCUT2D eigenvalue weighted by Crippen LogP contribution is -2.22. The highest BCUT2D eigenvalue weighted by Crippen LogP contribution is 2.16. The summed E-state index contributed by atoms with van der Waals surface area (Å²) in [5, 5.41) is 0.604. The highest BCUT2D eigenvalue weighted by Gasteiger charge is 2.11. The predicted octanol–water partition coefficient (Wildman–Crippen LogP) is 4.26. The SMILES string of the molecule is Cc1cccc(-n2c(/C=C\c3cccnc3)nc3ccccc3c2=O)c1. The molecule has 0 spiro atoms. The molecule has 0 unspecified atom stereocenters. The summed E-state index contributed by atoms with van der Waals surface area (Å²) in [4.78, 5) is 22.0. The first-order valence-electron chi connectivity index (χ1n) is 8.39. The molecule has 0 aliphatic carbocycles. The fourth-order valence-corrected chi connectivity index (χ4v) is 2.92. The van der Waals surface area contributed by atoms with Gasteiger partial charge in [0.1, 0.15) is 5.82 Å². The quantitative estimate of drug-likeness (QED) is 0.560. The van der Waals surface area contributed by atoms with Gasteiger partial charge in [0.05, 0.1) is 16.6 Å². The van der Waals surface area contributed by atoms with Gasteiger partial charge in [-0.3, -0.25) is 14.3 Å². The Labute approximate surface area is 151 Å². The summed E-state index contributed by atoms with van der Waals surface area (Å²) in [5.41, 5.74) is 3.45. The maximum Gasteiger partial charge on any atom is 0.266 e. The molecule has 0 saturated carbocycles. The topological polar surface area (TPSA) is 47.8 Å². The zero-order valence-corrected chi connectivity index (χ0v) is 14.3. The van der Waals surface area contributed by atoms with Crippen LogP contribution in [0.5, 0.6) is 0 Å². The number of nitrogens with zero attached hydrogens (tertiary/aromatic N) is 3. The molecule has 0 aliphatic heterocycles. The Morgan fingerprint density at radius 3 is 2.65 bits per heavy atom. The first-order chi connectivity index (χ1) is 12.7. The van der Waals surface area contributed by atoms with Gasteiger partial charge in [0.2, 0.25) is 0 Å². The Morgan fingerprint density at radius 1 is 0.962 bits per heavy atom. The number of rotatable bonds is 3. The summed E-state index contributed by atoms with van der Waals surface area (Å²) in [6, 6.07) is 19.1. The van der Waals surface area contributed by atoms with Crippen LogP contribution in [0, 0.1) is 6.92 Å². The highest BCUT2D eigenvalue weighted by molar-refractivity contribution is 5.80. The third-order valence-corrected chi connectivity index (χ3v) is 4.17. The zero-order valence-electron chi connectivity index (χ0n) is 14.3. The van der Waals surface area contributed by atoms with Crippen molar-refractivity contribution >= 4 is 23.1 Å². The van der Waals surface area contributed by atoms with Crippen molar-refractivity contribution in [3.05, 3.63) is 100 Å². The third-order valence-electron chi connectivity index (χ3n) is 4.17. The van der Waals surface area contributed by atoms with Crippen molar-refractivity contribution < 1.29 is 0 Å². The fourth-order valence-electron chi connectivity index (χ4n) is 2.92. The van der Waals surface area contributed by atoms with Gasteiger partial charge in [-0.25, -0.2) is 4.98 Å². The van der Waals surface area contributed by atoms with E-state index in [9.17, 15) is 4.79 Å². The summed E-state index contributed by atoms with van der Waals surface area (Å²) in [6.07, 6.45) is 7.27. The Kier molecular flexibility index (Phi) is 4.15. The van der Waals surface area contributed by atoms with Crippen molar-refractivity contribution in [1.82, 2.24) is 14.5 Å². The Balaban J connectivity index is 1.97. The van der Waals surface area contributed by atoms with Crippen LogP contribution in [0.2, 0.25) is 0 Å². The van der Waals surface area contributed by atoms with E-state index in [2.05, 4.69) is 4.98 Å². The van der Waals surface area contributed by atoms with Crippen LogP contribution >= 0.6 is 0 Å². The highest BCUT2D eigenvalue weighted by atomic mass is 16.1. The molecule has 0 saturated heterocycles. The van der Waals surface area contributed by atoms with Crippen molar-refractivity contribution in [3.8, 4) is 5.69 Å². The molecule has 2 aromatic carbocycles. The molecule has 4 nitrogen and oxygen atoms in total. The molecular formula is C22H17N3O. The summed E-state index contributed by atoms with van der Waals surface area (Å²) < 4.78 is 1.65. The first-order valence-corrected chi connectivity index (χ1v) is 8.39. The molecule has 0 amide bonds. The maximum atomic E-state index is 13.1. The van der Waals surface area contributed by atoms with Crippen molar-refractivity contribution in [2.24, 2.45) is 0 Å². The number of aromatic nitrogens is 3. The fraction of sp³-hybridized carbons (Fsp3) is 0.0455. The summed E-state index contributed by atoms with van der Waals surface area (Å²) in [5.74, 6) is 0.586. The van der Waals surface area contributed by atoms with Crippen LogP contribution in [0.3, 0.4) is 0 Å². The molecule has 26 heavy (non-hydrogen) atoms. The van der Waals surface area contributed by atoms with E-state index in [1.165, 1.54) is 0 Å². The van der Waals surface area contributed by atoms with Gasteiger partial charge in [0.25, 0.3) is 5.56 Å². The summed E-state index contributed by atoms with van der Waals surface area (Å²) in [7, 11) is 0. The van der Waals surface area contributed by atoms with Gasteiger partial charge in [-0.2, -0.15) is 0 Å². The minimum atomic E-state index is -0.0768. The van der Waals surface area contributed by atoms with Gasteiger partial charge in [0, 0.05) is 12.4 Å². The Hall–Kier alpha value is -3.53. The van der Waals surface area contributed by atoms with Gasteiger partial charge < -0.3 is 0 Å². The lowest BCUT2D eigenvalue weighted by atomic mass is 10.2. The molecule has 0 radical (unpaired) electrons. The largest absolute Gasteiger partial charge is 0.268 e. The summed E-state index contributed by atoms with van der Waals surface area (Å²) in [6.45, 7) is 2.01. The number of hydrogen-bond acceptors (Lipinski definition) is 3. The molecule has 2 aromatic heterocycles. The van der Waals surface area contributed by atoms with E-state index in [4.69, 9.17) is 4.98 Å². The second-order valence-electron chi connectivity index (χ2n) is 6.09. The van der Waals surface area contributed by atoms with Gasteiger partial charge >= 0.3 is 0 Å². The van der Waals surface area contributed by atoms with E-state index in [1.54, 1.807) is 17.0 Å². The van der Waals surface area contributed by atoms with Gasteiger partial charge in [0.15, 0.2) is 0 Å². The average molecular weight is 339 g/mol. The van der Waals surface area contributed by atoms with E-state index in [1.807, 2.05) is 79.7 Å². The van der Waals surface area contributed by atoms with E-state index in [0.29, 0.717) is 16.7 Å². The molecule has 0 atom stereocenters. The predicted molar refractivity (Wildman–Crippen MR) is 105 cm³/mol. The van der Waals surface area contributed by atoms with E-state index >= 15 is 0 Å². The monoisotopic (exact) mass is 339 g/mol. The molecule has 0 fully saturated rings. The van der Waals surface area contributed by atoms with Crippen molar-refractivity contribution in [2.45, 2.75) is 6.92 Å². The molecule has 4 heteroatoms. The lowest BCUT2D eigenvalue weighted by molar-refractivity contribution is 0.942. The van der Waals surface area contributed by atoms with Crippen LogP contribution < -0.4 is 5.56 Å². The van der Waals surface area contributed by atoms with Gasteiger partial charge in [-0.15, -0.1) is 0 Å². The van der Waals surface area contributed by atoms with Crippen molar-refractivity contribution in [3.63, 3.8) is 0 Å². The normalized spacial score (nSPS) is 11.3. The molecule has 4 rings (SSSR count). The summed E-state index contributed by atoms with van der Waals surface area (Å²) >= 11 is 0. The number of para-hydroxylation sites is 1. The molecule has 0 aliphatic rings. The lowest BCUT2D eigenvalue weighted by Gasteiger charge is -2.12. The smallest absolute Gasteiger partial charge is 0.266 e. The average Bonchev–Trinajstić information content (AvgIpc) is 2.67. The molecule has 0 bridgehead atoms. The van der Waals surface area contributed by atoms with Crippen LogP contribution in [0.15, 0.2) is 77.9 Å². The van der Waals surface area contributed by atoms with E-state index < -0.39 is 0 Å². The number of benzene rings is 2. The van der Waals surface area contributed by atoms with Gasteiger partial charge in [-0.1, -0.05) is 30.3 Å². The number of hydrogen-bond donors (Lipinski definition) is 0. The molecule has 126 valence electrons. The second-order valence-corrected chi connectivity index (χ2v) is 6.09. The molecular weight excluding hydrogens is 322 g/mol. The first kappa shape index (κ1) is 16.0.